The molecule has 15 heavy (non-hydrogen) atoms. The summed E-state index contributed by atoms with van der Waals surface area (Å²) in [5.74, 6) is 0. The van der Waals surface area contributed by atoms with Gasteiger partial charge < -0.3 is 10.3 Å². The van der Waals surface area contributed by atoms with Gasteiger partial charge in [-0.3, -0.25) is 0 Å². The Bertz CT molecular complexity index is 511. The number of hydrogen-bond donors (Lipinski definition) is 1. The number of rotatable bonds is 2. The lowest BCUT2D eigenvalue weighted by Gasteiger charge is -2.09. The number of hydrogen-bond acceptors (Lipinski definition) is 1. The summed E-state index contributed by atoms with van der Waals surface area (Å²) in [6.45, 7) is 4.34. The summed E-state index contributed by atoms with van der Waals surface area (Å²) in [6, 6.07) is 8.65. The fraction of sp³-hybridized carbons (Fsp3) is 0.250. The van der Waals surface area contributed by atoms with Gasteiger partial charge >= 0.3 is 0 Å². The third-order valence-electron chi connectivity index (χ3n) is 2.56. The first kappa shape index (κ1) is 10.2. The second-order valence-corrected chi connectivity index (χ2v) is 4.39. The molecule has 0 aliphatic heterocycles. The molecular formula is C12H14N2S. The van der Waals surface area contributed by atoms with Gasteiger partial charge in [-0.25, -0.2) is 0 Å². The van der Waals surface area contributed by atoms with Crippen LogP contribution in [-0.2, 0) is 0 Å². The zero-order chi connectivity index (χ0) is 11.0. The van der Waals surface area contributed by atoms with Gasteiger partial charge in [0.2, 0.25) is 0 Å². The van der Waals surface area contributed by atoms with Crippen LogP contribution in [0.4, 0.5) is 0 Å². The number of fused-ring (bicyclic) bond motifs is 1. The summed E-state index contributed by atoms with van der Waals surface area (Å²) in [5, 5.41) is 1.19. The number of nitrogens with two attached hydrogens (primary N) is 1. The Morgan fingerprint density at radius 3 is 2.67 bits per heavy atom. The molecule has 0 spiro atoms. The van der Waals surface area contributed by atoms with E-state index in [1.807, 2.05) is 12.1 Å². The van der Waals surface area contributed by atoms with Crippen LogP contribution in [0.3, 0.4) is 0 Å². The maximum absolute atomic E-state index is 5.60. The molecule has 0 saturated carbocycles. The van der Waals surface area contributed by atoms with E-state index in [-0.39, 0.29) is 0 Å². The third kappa shape index (κ3) is 1.75. The number of thiocarbonyl (C=S) groups is 1. The van der Waals surface area contributed by atoms with Crippen LogP contribution < -0.4 is 5.73 Å². The number of aromatic nitrogens is 1. The van der Waals surface area contributed by atoms with Gasteiger partial charge in [0.25, 0.3) is 0 Å². The molecule has 0 saturated heterocycles. The fourth-order valence-electron chi connectivity index (χ4n) is 1.77. The molecular weight excluding hydrogens is 204 g/mol. The van der Waals surface area contributed by atoms with Gasteiger partial charge in [-0.05, 0) is 38.1 Å². The van der Waals surface area contributed by atoms with Crippen molar-refractivity contribution in [2.75, 3.05) is 0 Å². The van der Waals surface area contributed by atoms with Crippen molar-refractivity contribution in [2.45, 2.75) is 19.9 Å². The van der Waals surface area contributed by atoms with Crippen molar-refractivity contribution in [3.8, 4) is 0 Å². The summed E-state index contributed by atoms with van der Waals surface area (Å²) in [5.41, 5.74) is 7.75. The first-order valence-electron chi connectivity index (χ1n) is 5.00. The van der Waals surface area contributed by atoms with Crippen LogP contribution in [0.5, 0.6) is 0 Å². The Morgan fingerprint density at radius 1 is 1.33 bits per heavy atom. The van der Waals surface area contributed by atoms with Crippen molar-refractivity contribution in [2.24, 2.45) is 5.73 Å². The summed E-state index contributed by atoms with van der Waals surface area (Å²) < 4.78 is 2.23. The molecule has 0 atom stereocenters. The largest absolute Gasteiger partial charge is 0.389 e. The first-order valence-corrected chi connectivity index (χ1v) is 5.41. The van der Waals surface area contributed by atoms with E-state index in [4.69, 9.17) is 18.0 Å². The minimum atomic E-state index is 0.453. The molecule has 2 rings (SSSR count). The zero-order valence-corrected chi connectivity index (χ0v) is 9.71. The zero-order valence-electron chi connectivity index (χ0n) is 8.90. The fourth-order valence-corrected chi connectivity index (χ4v) is 1.89. The second-order valence-electron chi connectivity index (χ2n) is 3.95. The minimum Gasteiger partial charge on any atom is -0.389 e. The second kappa shape index (κ2) is 3.66. The van der Waals surface area contributed by atoms with E-state index >= 15 is 0 Å². The topological polar surface area (TPSA) is 30.9 Å². The molecule has 78 valence electrons. The van der Waals surface area contributed by atoms with Crippen molar-refractivity contribution >= 4 is 28.1 Å². The van der Waals surface area contributed by atoms with Crippen molar-refractivity contribution in [3.05, 3.63) is 36.0 Å². The minimum absolute atomic E-state index is 0.453. The molecule has 3 heteroatoms. The molecule has 1 aromatic carbocycles. The smallest absolute Gasteiger partial charge is 0.104 e. The molecule has 0 aliphatic carbocycles. The summed E-state index contributed by atoms with van der Waals surface area (Å²) in [7, 11) is 0. The highest BCUT2D eigenvalue weighted by atomic mass is 32.1. The van der Waals surface area contributed by atoms with Gasteiger partial charge in [0.1, 0.15) is 4.99 Å². The van der Waals surface area contributed by atoms with E-state index in [9.17, 15) is 0 Å². The quantitative estimate of drug-likeness (QED) is 0.786. The van der Waals surface area contributed by atoms with Gasteiger partial charge in [0.15, 0.2) is 0 Å². The molecule has 0 unspecified atom stereocenters. The highest BCUT2D eigenvalue weighted by molar-refractivity contribution is 7.80. The van der Waals surface area contributed by atoms with E-state index in [2.05, 4.69) is 36.7 Å². The van der Waals surface area contributed by atoms with Gasteiger partial charge in [0.05, 0.1) is 0 Å². The number of benzene rings is 1. The van der Waals surface area contributed by atoms with Crippen LogP contribution in [0.1, 0.15) is 25.5 Å². The van der Waals surface area contributed by atoms with Crippen molar-refractivity contribution in [1.82, 2.24) is 4.57 Å². The molecule has 2 nitrogen and oxygen atoms in total. The van der Waals surface area contributed by atoms with Gasteiger partial charge in [-0.1, -0.05) is 12.2 Å². The van der Waals surface area contributed by atoms with Gasteiger partial charge in [-0.15, -0.1) is 0 Å². The van der Waals surface area contributed by atoms with Crippen LogP contribution >= 0.6 is 12.2 Å². The molecule has 0 aliphatic rings. The predicted octanol–water partition coefficient (Wildman–Crippen LogP) is 2.86. The van der Waals surface area contributed by atoms with Gasteiger partial charge in [0, 0.05) is 28.7 Å². The molecule has 2 N–H and O–H groups in total. The maximum atomic E-state index is 5.60. The molecule has 1 heterocycles. The standard InChI is InChI=1S/C12H14N2S/c1-8(2)14-6-5-9-7-10(12(13)15)3-4-11(9)14/h3-8H,1-2H3,(H2,13,15). The lowest BCUT2D eigenvalue weighted by molar-refractivity contribution is 0.623. The summed E-state index contributed by atoms with van der Waals surface area (Å²) >= 11 is 4.95. The Balaban J connectivity index is 2.61. The summed E-state index contributed by atoms with van der Waals surface area (Å²) in [6.07, 6.45) is 2.10. The van der Waals surface area contributed by atoms with Crippen LogP contribution in [0, 0.1) is 0 Å². The normalized spacial score (nSPS) is 11.1. The van der Waals surface area contributed by atoms with E-state index in [0.717, 1.165) is 5.56 Å². The van der Waals surface area contributed by atoms with Crippen LogP contribution in [-0.4, -0.2) is 9.56 Å². The highest BCUT2D eigenvalue weighted by Crippen LogP contribution is 2.21. The Kier molecular flexibility index (Phi) is 2.49. The average Bonchev–Trinajstić information content (AvgIpc) is 2.59. The van der Waals surface area contributed by atoms with E-state index in [1.54, 1.807) is 0 Å². The number of nitrogens with zero attached hydrogens (tertiary/aromatic N) is 1. The molecule has 0 fully saturated rings. The average molecular weight is 218 g/mol. The SMILES string of the molecule is CC(C)n1ccc2cc(C(N)=S)ccc21. The van der Waals surface area contributed by atoms with Crippen LogP contribution in [0.2, 0.25) is 0 Å². The Labute approximate surface area is 94.7 Å². The Hall–Kier alpha value is -1.35. The van der Waals surface area contributed by atoms with Crippen molar-refractivity contribution < 1.29 is 0 Å². The Morgan fingerprint density at radius 2 is 2.07 bits per heavy atom. The van der Waals surface area contributed by atoms with E-state index < -0.39 is 0 Å². The third-order valence-corrected chi connectivity index (χ3v) is 2.80. The molecule has 0 bridgehead atoms. The van der Waals surface area contributed by atoms with Crippen molar-refractivity contribution in [1.29, 1.82) is 0 Å². The highest BCUT2D eigenvalue weighted by Gasteiger charge is 2.05. The molecule has 2 aromatic rings. The van der Waals surface area contributed by atoms with E-state index in [1.165, 1.54) is 10.9 Å². The molecule has 0 radical (unpaired) electrons. The lowest BCUT2D eigenvalue weighted by atomic mass is 10.1. The molecule has 0 amide bonds. The van der Waals surface area contributed by atoms with Crippen molar-refractivity contribution in [3.63, 3.8) is 0 Å². The predicted molar refractivity (Wildman–Crippen MR) is 68.2 cm³/mol. The molecule has 1 aromatic heterocycles. The van der Waals surface area contributed by atoms with Crippen LogP contribution in [0.15, 0.2) is 30.5 Å². The first-order chi connectivity index (χ1) is 7.09. The van der Waals surface area contributed by atoms with E-state index in [0.29, 0.717) is 11.0 Å². The van der Waals surface area contributed by atoms with Gasteiger partial charge in [-0.2, -0.15) is 0 Å². The monoisotopic (exact) mass is 218 g/mol. The maximum Gasteiger partial charge on any atom is 0.104 e. The lowest BCUT2D eigenvalue weighted by Crippen LogP contribution is -2.08. The summed E-state index contributed by atoms with van der Waals surface area (Å²) in [4.78, 5) is 0.453. The van der Waals surface area contributed by atoms with Crippen LogP contribution in [0.25, 0.3) is 10.9 Å².